The van der Waals surface area contributed by atoms with Gasteiger partial charge >= 0.3 is 0 Å². The standard InChI is InChI=1S/C17H16N2O3S/c1-12-10-11-18(15-4-2-3-5-16(15)23-12)17(20)13-6-8-14(9-7-13)19(21)22/h2-9,12H,10-11H2,1H3. The zero-order valence-electron chi connectivity index (χ0n) is 12.6. The predicted octanol–water partition coefficient (Wildman–Crippen LogP) is 4.13. The van der Waals surface area contributed by atoms with Crippen LogP contribution in [0.1, 0.15) is 23.7 Å². The van der Waals surface area contributed by atoms with Crippen LogP contribution in [0.25, 0.3) is 0 Å². The van der Waals surface area contributed by atoms with Crippen LogP contribution in [0.4, 0.5) is 11.4 Å². The topological polar surface area (TPSA) is 63.5 Å². The Bertz CT molecular complexity index is 746. The van der Waals surface area contributed by atoms with Gasteiger partial charge in [0.05, 0.1) is 10.6 Å². The van der Waals surface area contributed by atoms with Crippen molar-refractivity contribution >= 4 is 29.0 Å². The van der Waals surface area contributed by atoms with Crippen LogP contribution in [0.15, 0.2) is 53.4 Å². The van der Waals surface area contributed by atoms with E-state index in [0.29, 0.717) is 17.4 Å². The minimum absolute atomic E-state index is 0.0120. The van der Waals surface area contributed by atoms with Crippen LogP contribution in [0.5, 0.6) is 0 Å². The highest BCUT2D eigenvalue weighted by Gasteiger charge is 2.25. The van der Waals surface area contributed by atoms with E-state index >= 15 is 0 Å². The second-order valence-electron chi connectivity index (χ2n) is 5.45. The number of amides is 1. The molecule has 0 radical (unpaired) electrons. The lowest BCUT2D eigenvalue weighted by molar-refractivity contribution is -0.384. The lowest BCUT2D eigenvalue weighted by Gasteiger charge is -2.22. The quantitative estimate of drug-likeness (QED) is 0.614. The van der Waals surface area contributed by atoms with E-state index in [9.17, 15) is 14.9 Å². The maximum absolute atomic E-state index is 12.8. The van der Waals surface area contributed by atoms with E-state index in [4.69, 9.17) is 0 Å². The van der Waals surface area contributed by atoms with E-state index in [1.54, 1.807) is 16.7 Å². The van der Waals surface area contributed by atoms with Crippen LogP contribution in [0.2, 0.25) is 0 Å². The summed E-state index contributed by atoms with van der Waals surface area (Å²) >= 11 is 1.77. The summed E-state index contributed by atoms with van der Waals surface area (Å²) in [6.45, 7) is 2.79. The zero-order valence-corrected chi connectivity index (χ0v) is 13.5. The first-order valence-corrected chi connectivity index (χ1v) is 8.26. The molecule has 0 bridgehead atoms. The molecule has 2 aromatic rings. The van der Waals surface area contributed by atoms with Crippen molar-refractivity contribution < 1.29 is 9.72 Å². The molecule has 0 aromatic heterocycles. The van der Waals surface area contributed by atoms with Gasteiger partial charge < -0.3 is 4.90 Å². The number of nitro groups is 1. The fourth-order valence-corrected chi connectivity index (χ4v) is 3.69. The Morgan fingerprint density at radius 2 is 1.91 bits per heavy atom. The molecule has 23 heavy (non-hydrogen) atoms. The van der Waals surface area contributed by atoms with Gasteiger partial charge in [0, 0.05) is 34.4 Å². The monoisotopic (exact) mass is 328 g/mol. The number of nitro benzene ring substituents is 1. The van der Waals surface area contributed by atoms with Crippen molar-refractivity contribution in [2.45, 2.75) is 23.5 Å². The molecule has 0 spiro atoms. The molecule has 2 aromatic carbocycles. The molecular formula is C17H16N2O3S. The Morgan fingerprint density at radius 3 is 2.61 bits per heavy atom. The van der Waals surface area contributed by atoms with Gasteiger partial charge in [0.15, 0.2) is 0 Å². The molecule has 1 amide bonds. The maximum Gasteiger partial charge on any atom is 0.269 e. The Morgan fingerprint density at radius 1 is 1.22 bits per heavy atom. The lowest BCUT2D eigenvalue weighted by atomic mass is 10.1. The summed E-state index contributed by atoms with van der Waals surface area (Å²) < 4.78 is 0. The van der Waals surface area contributed by atoms with Gasteiger partial charge in [0.25, 0.3) is 11.6 Å². The molecule has 0 saturated carbocycles. The summed E-state index contributed by atoms with van der Waals surface area (Å²) in [5.41, 5.74) is 1.36. The third kappa shape index (κ3) is 3.22. The van der Waals surface area contributed by atoms with Gasteiger partial charge in [0.2, 0.25) is 0 Å². The summed E-state index contributed by atoms with van der Waals surface area (Å²) in [7, 11) is 0. The molecule has 0 N–H and O–H groups in total. The number of hydrogen-bond acceptors (Lipinski definition) is 4. The number of nitrogens with zero attached hydrogens (tertiary/aromatic N) is 2. The van der Waals surface area contributed by atoms with Crippen molar-refractivity contribution in [3.05, 3.63) is 64.2 Å². The van der Waals surface area contributed by atoms with Crippen molar-refractivity contribution in [2.75, 3.05) is 11.4 Å². The third-order valence-corrected chi connectivity index (χ3v) is 5.05. The van der Waals surface area contributed by atoms with Gasteiger partial charge in [-0.2, -0.15) is 0 Å². The van der Waals surface area contributed by atoms with Gasteiger partial charge in [0.1, 0.15) is 0 Å². The largest absolute Gasteiger partial charge is 0.307 e. The van der Waals surface area contributed by atoms with Crippen molar-refractivity contribution in [2.24, 2.45) is 0 Å². The minimum Gasteiger partial charge on any atom is -0.307 e. The fraction of sp³-hybridized carbons (Fsp3) is 0.235. The zero-order chi connectivity index (χ0) is 16.4. The van der Waals surface area contributed by atoms with Crippen molar-refractivity contribution in [3.63, 3.8) is 0 Å². The van der Waals surface area contributed by atoms with Crippen molar-refractivity contribution in [3.8, 4) is 0 Å². The van der Waals surface area contributed by atoms with Crippen LogP contribution in [-0.2, 0) is 0 Å². The average Bonchev–Trinajstić information content (AvgIpc) is 2.72. The highest BCUT2D eigenvalue weighted by Crippen LogP contribution is 2.37. The van der Waals surface area contributed by atoms with Gasteiger partial charge in [-0.3, -0.25) is 14.9 Å². The number of non-ortho nitro benzene ring substituents is 1. The number of thioether (sulfide) groups is 1. The summed E-state index contributed by atoms with van der Waals surface area (Å²) in [6, 6.07) is 13.6. The first-order valence-electron chi connectivity index (χ1n) is 7.38. The number of rotatable bonds is 2. The number of benzene rings is 2. The van der Waals surface area contributed by atoms with Gasteiger partial charge in [-0.25, -0.2) is 0 Å². The van der Waals surface area contributed by atoms with E-state index < -0.39 is 4.92 Å². The van der Waals surface area contributed by atoms with Crippen LogP contribution in [0.3, 0.4) is 0 Å². The highest BCUT2D eigenvalue weighted by atomic mass is 32.2. The number of carbonyl (C=O) groups is 1. The Hall–Kier alpha value is -2.34. The molecule has 0 fully saturated rings. The Balaban J connectivity index is 1.94. The van der Waals surface area contributed by atoms with Crippen LogP contribution < -0.4 is 4.90 Å². The summed E-state index contributed by atoms with van der Waals surface area (Å²) in [6.07, 6.45) is 0.901. The minimum atomic E-state index is -0.464. The summed E-state index contributed by atoms with van der Waals surface area (Å²) in [4.78, 5) is 26.0. The number of fused-ring (bicyclic) bond motifs is 1. The first-order chi connectivity index (χ1) is 11.1. The van der Waals surface area contributed by atoms with E-state index in [-0.39, 0.29) is 11.6 Å². The number of carbonyl (C=O) groups excluding carboxylic acids is 1. The second-order valence-corrected chi connectivity index (χ2v) is 6.93. The normalized spacial score (nSPS) is 17.3. The van der Waals surface area contributed by atoms with Crippen LogP contribution in [-0.4, -0.2) is 22.6 Å². The van der Waals surface area contributed by atoms with Gasteiger partial charge in [-0.1, -0.05) is 19.1 Å². The fourth-order valence-electron chi connectivity index (χ4n) is 2.58. The molecule has 118 valence electrons. The molecule has 0 aliphatic carbocycles. The smallest absolute Gasteiger partial charge is 0.269 e. The molecule has 6 heteroatoms. The van der Waals surface area contributed by atoms with Gasteiger partial charge in [-0.05, 0) is 30.7 Å². The van der Waals surface area contributed by atoms with E-state index in [0.717, 1.165) is 17.0 Å². The molecule has 1 heterocycles. The Kier molecular flexibility index (Phi) is 4.34. The maximum atomic E-state index is 12.8. The van der Waals surface area contributed by atoms with Crippen molar-refractivity contribution in [1.29, 1.82) is 0 Å². The van der Waals surface area contributed by atoms with Crippen LogP contribution in [0, 0.1) is 10.1 Å². The highest BCUT2D eigenvalue weighted by molar-refractivity contribution is 8.00. The first kappa shape index (κ1) is 15.6. The Labute approximate surface area is 138 Å². The molecular weight excluding hydrogens is 312 g/mol. The molecule has 1 aliphatic rings. The molecule has 1 unspecified atom stereocenters. The number of para-hydroxylation sites is 1. The third-order valence-electron chi connectivity index (χ3n) is 3.81. The predicted molar refractivity (Wildman–Crippen MR) is 91.2 cm³/mol. The number of anilines is 1. The molecule has 3 rings (SSSR count). The SMILES string of the molecule is CC1CCN(C(=O)c2ccc([N+](=O)[O-])cc2)c2ccccc2S1. The van der Waals surface area contributed by atoms with Crippen molar-refractivity contribution in [1.82, 2.24) is 0 Å². The molecule has 0 saturated heterocycles. The lowest BCUT2D eigenvalue weighted by Crippen LogP contribution is -2.32. The summed E-state index contributed by atoms with van der Waals surface area (Å²) in [5.74, 6) is -0.123. The molecule has 5 nitrogen and oxygen atoms in total. The van der Waals surface area contributed by atoms with E-state index in [2.05, 4.69) is 6.92 Å². The second kappa shape index (κ2) is 6.42. The molecule has 1 atom stereocenters. The number of hydrogen-bond donors (Lipinski definition) is 0. The van der Waals surface area contributed by atoms with E-state index in [1.807, 2.05) is 24.3 Å². The van der Waals surface area contributed by atoms with Gasteiger partial charge in [-0.15, -0.1) is 11.8 Å². The van der Waals surface area contributed by atoms with Crippen LogP contribution >= 0.6 is 11.8 Å². The summed E-state index contributed by atoms with van der Waals surface area (Å²) in [5, 5.41) is 11.2. The average molecular weight is 328 g/mol. The van der Waals surface area contributed by atoms with E-state index in [1.165, 1.54) is 24.3 Å². The molecule has 1 aliphatic heterocycles.